The first-order valence-corrected chi connectivity index (χ1v) is 13.3. The van der Waals surface area contributed by atoms with Gasteiger partial charge >= 0.3 is 5.97 Å². The van der Waals surface area contributed by atoms with Gasteiger partial charge in [0.1, 0.15) is 23.0 Å². The quantitative estimate of drug-likeness (QED) is 0.162. The van der Waals surface area contributed by atoms with Crippen LogP contribution < -0.4 is 14.2 Å². The number of phenolic OH excluding ortho intramolecular Hbond substituents is 1. The summed E-state index contributed by atoms with van der Waals surface area (Å²) in [5, 5.41) is 20.7. The molecule has 0 radical (unpaired) electrons. The standard InChI is InChI=1S/C31H36O9/c1-4-8-26-28(14-13-22(20(2)32)30(26)36)38-17-6-15-37-16-7-18-39-31-23(21(3)33)11-12-24-25(31)9-5-10-27(24)40-19-29(34)35/h5,9-14,36H,4,6-8,15-19H2,1-3H3,(H,34,35). The number of carbonyl (C=O) groups excluding carboxylic acids is 2. The Labute approximate surface area is 233 Å². The Morgan fingerprint density at radius 2 is 1.43 bits per heavy atom. The van der Waals surface area contributed by atoms with Crippen molar-refractivity contribution in [2.24, 2.45) is 0 Å². The summed E-state index contributed by atoms with van der Waals surface area (Å²) in [6.07, 6.45) is 2.64. The van der Waals surface area contributed by atoms with Crippen molar-refractivity contribution < 1.29 is 43.5 Å². The van der Waals surface area contributed by atoms with Gasteiger partial charge in [-0.3, -0.25) is 9.59 Å². The van der Waals surface area contributed by atoms with Gasteiger partial charge in [0.05, 0.1) is 24.3 Å². The van der Waals surface area contributed by atoms with E-state index in [1.165, 1.54) is 13.8 Å². The van der Waals surface area contributed by atoms with E-state index in [-0.39, 0.29) is 17.3 Å². The number of Topliss-reactive ketones (excluding diaryl/α,β-unsaturated/α-hetero) is 2. The smallest absolute Gasteiger partial charge is 0.341 e. The highest BCUT2D eigenvalue weighted by atomic mass is 16.5. The third kappa shape index (κ3) is 7.95. The molecule has 214 valence electrons. The molecule has 0 aliphatic heterocycles. The topological polar surface area (TPSA) is 129 Å². The molecule has 9 nitrogen and oxygen atoms in total. The minimum absolute atomic E-state index is 0.00812. The number of ketones is 2. The monoisotopic (exact) mass is 552 g/mol. The molecule has 0 aliphatic rings. The van der Waals surface area contributed by atoms with Gasteiger partial charge in [0.15, 0.2) is 18.2 Å². The molecule has 3 aromatic rings. The Balaban J connectivity index is 1.49. The van der Waals surface area contributed by atoms with Crippen molar-refractivity contribution in [3.8, 4) is 23.0 Å². The molecular formula is C31H36O9. The van der Waals surface area contributed by atoms with Crippen LogP contribution in [-0.4, -0.2) is 60.8 Å². The van der Waals surface area contributed by atoms with Gasteiger partial charge in [-0.05, 0) is 50.6 Å². The van der Waals surface area contributed by atoms with Crippen molar-refractivity contribution in [1.29, 1.82) is 0 Å². The van der Waals surface area contributed by atoms with E-state index in [0.717, 1.165) is 6.42 Å². The maximum absolute atomic E-state index is 12.2. The first-order valence-electron chi connectivity index (χ1n) is 13.3. The van der Waals surface area contributed by atoms with Crippen LogP contribution in [0.3, 0.4) is 0 Å². The zero-order valence-electron chi connectivity index (χ0n) is 23.2. The van der Waals surface area contributed by atoms with Crippen LogP contribution in [0.15, 0.2) is 42.5 Å². The Bertz CT molecular complexity index is 1350. The number of aliphatic carboxylic acids is 1. The third-order valence-electron chi connectivity index (χ3n) is 6.19. The molecule has 40 heavy (non-hydrogen) atoms. The summed E-state index contributed by atoms with van der Waals surface area (Å²) in [5.74, 6) is -0.0120. The molecule has 0 heterocycles. The summed E-state index contributed by atoms with van der Waals surface area (Å²) < 4.78 is 23.0. The number of carbonyl (C=O) groups is 3. The highest BCUT2D eigenvalue weighted by Crippen LogP contribution is 2.36. The molecule has 0 fully saturated rings. The molecule has 0 spiro atoms. The molecule has 3 rings (SSSR count). The van der Waals surface area contributed by atoms with Gasteiger partial charge in [-0.25, -0.2) is 4.79 Å². The molecule has 3 aromatic carbocycles. The van der Waals surface area contributed by atoms with Gasteiger partial charge < -0.3 is 29.2 Å². The lowest BCUT2D eigenvalue weighted by molar-refractivity contribution is -0.139. The van der Waals surface area contributed by atoms with E-state index in [2.05, 4.69) is 0 Å². The number of fused-ring (bicyclic) bond motifs is 1. The Morgan fingerprint density at radius 1 is 0.750 bits per heavy atom. The summed E-state index contributed by atoms with van der Waals surface area (Å²) in [7, 11) is 0. The van der Waals surface area contributed by atoms with Crippen LogP contribution in [0, 0.1) is 0 Å². The molecule has 0 unspecified atom stereocenters. The largest absolute Gasteiger partial charge is 0.507 e. The van der Waals surface area contributed by atoms with E-state index in [4.69, 9.17) is 24.1 Å². The number of rotatable bonds is 17. The van der Waals surface area contributed by atoms with E-state index in [9.17, 15) is 19.5 Å². The lowest BCUT2D eigenvalue weighted by atomic mass is 10.0. The van der Waals surface area contributed by atoms with E-state index < -0.39 is 12.6 Å². The fraction of sp³-hybridized carbons (Fsp3) is 0.387. The number of hydrogen-bond donors (Lipinski definition) is 2. The molecular weight excluding hydrogens is 516 g/mol. The van der Waals surface area contributed by atoms with Crippen molar-refractivity contribution in [2.75, 3.05) is 33.0 Å². The first kappa shape index (κ1) is 30.4. The lowest BCUT2D eigenvalue weighted by Gasteiger charge is -2.15. The highest BCUT2D eigenvalue weighted by molar-refractivity contribution is 6.05. The number of ether oxygens (including phenoxy) is 4. The van der Waals surface area contributed by atoms with Gasteiger partial charge in [0.25, 0.3) is 0 Å². The molecule has 0 aromatic heterocycles. The van der Waals surface area contributed by atoms with E-state index in [0.29, 0.717) is 90.4 Å². The summed E-state index contributed by atoms with van der Waals surface area (Å²) in [6, 6.07) is 11.9. The van der Waals surface area contributed by atoms with E-state index in [1.807, 2.05) is 6.92 Å². The fourth-order valence-electron chi connectivity index (χ4n) is 4.31. The van der Waals surface area contributed by atoms with E-state index in [1.54, 1.807) is 42.5 Å². The van der Waals surface area contributed by atoms with Crippen molar-refractivity contribution in [3.05, 3.63) is 59.2 Å². The number of hydrogen-bond acceptors (Lipinski definition) is 8. The molecule has 9 heteroatoms. The lowest BCUT2D eigenvalue weighted by Crippen LogP contribution is -2.10. The minimum Gasteiger partial charge on any atom is -0.507 e. The number of carboxylic acids is 1. The normalized spacial score (nSPS) is 10.9. The number of aromatic hydroxyl groups is 1. The first-order chi connectivity index (χ1) is 19.2. The second-order valence-electron chi connectivity index (χ2n) is 9.29. The van der Waals surface area contributed by atoms with Gasteiger partial charge in [-0.1, -0.05) is 25.5 Å². The van der Waals surface area contributed by atoms with Crippen molar-refractivity contribution >= 4 is 28.3 Å². The van der Waals surface area contributed by atoms with Gasteiger partial charge in [-0.15, -0.1) is 0 Å². The summed E-state index contributed by atoms with van der Waals surface area (Å²) in [6.45, 7) is 6.05. The molecule has 0 amide bonds. The fourth-order valence-corrected chi connectivity index (χ4v) is 4.31. The van der Waals surface area contributed by atoms with Crippen LogP contribution in [0.25, 0.3) is 10.8 Å². The number of benzene rings is 3. The Hall–Kier alpha value is -4.11. The maximum atomic E-state index is 12.2. The maximum Gasteiger partial charge on any atom is 0.341 e. The summed E-state index contributed by atoms with van der Waals surface area (Å²) in [4.78, 5) is 34.9. The van der Waals surface area contributed by atoms with Crippen molar-refractivity contribution in [3.63, 3.8) is 0 Å². The van der Waals surface area contributed by atoms with Gasteiger partial charge in [0, 0.05) is 42.4 Å². The molecule has 2 N–H and O–H groups in total. The molecule has 0 aliphatic carbocycles. The number of carboxylic acid groups (broad SMARTS) is 1. The predicted octanol–water partition coefficient (Wildman–Crippen LogP) is 5.62. The second kappa shape index (κ2) is 14.9. The van der Waals surface area contributed by atoms with Crippen LogP contribution in [0.4, 0.5) is 0 Å². The average Bonchev–Trinajstić information content (AvgIpc) is 2.92. The van der Waals surface area contributed by atoms with Crippen LogP contribution in [0.5, 0.6) is 23.0 Å². The van der Waals surface area contributed by atoms with Gasteiger partial charge in [0.2, 0.25) is 0 Å². The zero-order valence-corrected chi connectivity index (χ0v) is 23.2. The van der Waals surface area contributed by atoms with Crippen LogP contribution >= 0.6 is 0 Å². The zero-order chi connectivity index (χ0) is 29.1. The molecule has 0 saturated heterocycles. The molecule has 0 saturated carbocycles. The summed E-state index contributed by atoms with van der Waals surface area (Å²) in [5.41, 5.74) is 1.38. The Kier molecular flexibility index (Phi) is 11.3. The van der Waals surface area contributed by atoms with E-state index >= 15 is 0 Å². The number of phenols is 1. The summed E-state index contributed by atoms with van der Waals surface area (Å²) >= 11 is 0. The molecule has 0 bridgehead atoms. The van der Waals surface area contributed by atoms with Crippen LogP contribution in [0.2, 0.25) is 0 Å². The molecule has 0 atom stereocenters. The second-order valence-corrected chi connectivity index (χ2v) is 9.29. The van der Waals surface area contributed by atoms with Gasteiger partial charge in [-0.2, -0.15) is 0 Å². The van der Waals surface area contributed by atoms with Crippen molar-refractivity contribution in [2.45, 2.75) is 46.5 Å². The Morgan fingerprint density at radius 3 is 2.08 bits per heavy atom. The SMILES string of the molecule is CCCc1c(OCCCOCCCOc2c(C(C)=O)ccc3c(OCC(=O)O)cccc23)ccc(C(C)=O)c1O. The van der Waals surface area contributed by atoms with Crippen LogP contribution in [-0.2, 0) is 16.0 Å². The van der Waals surface area contributed by atoms with Crippen molar-refractivity contribution in [1.82, 2.24) is 0 Å². The predicted molar refractivity (Wildman–Crippen MR) is 150 cm³/mol. The van der Waals surface area contributed by atoms with Crippen LogP contribution in [0.1, 0.15) is 66.3 Å². The minimum atomic E-state index is -1.08. The third-order valence-corrected chi connectivity index (χ3v) is 6.19. The highest BCUT2D eigenvalue weighted by Gasteiger charge is 2.17. The average molecular weight is 553 g/mol.